The maximum atomic E-state index is 8.61. The molecule has 9 heavy (non-hydrogen) atoms. The van der Waals surface area contributed by atoms with E-state index >= 15 is 0 Å². The molecule has 0 bridgehead atoms. The van der Waals surface area contributed by atoms with Crippen LogP contribution in [0.4, 0.5) is 0 Å². The molecule has 4 heteroatoms. The van der Waals surface area contributed by atoms with Gasteiger partial charge in [-0.15, -0.1) is 0 Å². The molecule has 0 spiro atoms. The Morgan fingerprint density at radius 3 is 2.00 bits per heavy atom. The smallest absolute Gasteiger partial charge is 0.261 e. The maximum Gasteiger partial charge on any atom is 0.261 e. The fraction of sp³-hybridized carbons (Fsp3) is 0.800. The van der Waals surface area contributed by atoms with Crippen LogP contribution in [0.3, 0.4) is 0 Å². The summed E-state index contributed by atoms with van der Waals surface area (Å²) in [7, 11) is -1.54. The number of hydrogen-bond donors (Lipinski definition) is 1. The number of nitrogens with zero attached hydrogens (tertiary/aromatic N) is 2. The van der Waals surface area contributed by atoms with E-state index in [0.29, 0.717) is 5.33 Å². The molecule has 0 atom stereocenters. The van der Waals surface area contributed by atoms with Crippen molar-refractivity contribution in [2.75, 3.05) is 6.61 Å². The predicted octanol–water partition coefficient (Wildman–Crippen LogP) is 0.527. The van der Waals surface area contributed by atoms with E-state index in [1.54, 1.807) is 0 Å². The first-order chi connectivity index (χ1) is 4.02. The third kappa shape index (κ3) is 2.55. The van der Waals surface area contributed by atoms with Gasteiger partial charge in [0.1, 0.15) is 6.61 Å². The summed E-state index contributed by atoms with van der Waals surface area (Å²) in [6.07, 6.45) is 0. The second kappa shape index (κ2) is 2.92. The fourth-order valence-electron chi connectivity index (χ4n) is 0.419. The van der Waals surface area contributed by atoms with Crippen LogP contribution in [0.1, 0.15) is 0 Å². The van der Waals surface area contributed by atoms with E-state index in [-0.39, 0.29) is 6.61 Å². The monoisotopic (exact) mass is 144 g/mol. The van der Waals surface area contributed by atoms with Crippen LogP contribution in [0.2, 0.25) is 19.6 Å². The van der Waals surface area contributed by atoms with Crippen molar-refractivity contribution in [2.45, 2.75) is 19.6 Å². The van der Waals surface area contributed by atoms with Crippen LogP contribution in [0, 0.1) is 0 Å². The van der Waals surface area contributed by atoms with E-state index in [1.807, 2.05) is 19.6 Å². The number of aliphatic hydroxyl groups excluding tert-OH is 1. The molecule has 3 nitrogen and oxygen atoms in total. The lowest BCUT2D eigenvalue weighted by molar-refractivity contribution is -0.00822. The Balaban J connectivity index is 4.33. The molecule has 0 aromatic heterocycles. The van der Waals surface area contributed by atoms with Crippen molar-refractivity contribution in [1.82, 2.24) is 0 Å². The van der Waals surface area contributed by atoms with Gasteiger partial charge >= 0.3 is 0 Å². The highest BCUT2D eigenvalue weighted by Gasteiger charge is 2.28. The minimum Gasteiger partial charge on any atom is -0.385 e. The summed E-state index contributed by atoms with van der Waals surface area (Å²) in [5.74, 6) is 0. The van der Waals surface area contributed by atoms with E-state index < -0.39 is 8.07 Å². The zero-order valence-electron chi connectivity index (χ0n) is 6.05. The first-order valence-electron chi connectivity index (χ1n) is 2.84. The van der Waals surface area contributed by atoms with Crippen molar-refractivity contribution in [2.24, 2.45) is 0 Å². The summed E-state index contributed by atoms with van der Waals surface area (Å²) in [5.41, 5.74) is 8.32. The molecule has 0 aliphatic heterocycles. The molecule has 0 radical (unpaired) electrons. The average Bonchev–Trinajstić information content (AvgIpc) is 1.65. The van der Waals surface area contributed by atoms with Crippen molar-refractivity contribution in [3.63, 3.8) is 0 Å². The van der Waals surface area contributed by atoms with Crippen LogP contribution >= 0.6 is 0 Å². The molecule has 0 saturated heterocycles. The number of aliphatic hydroxyl groups is 1. The maximum absolute atomic E-state index is 8.61. The topological polar surface area (TPSA) is 56.6 Å². The molecular weight excluding hydrogens is 132 g/mol. The Morgan fingerprint density at radius 1 is 1.56 bits per heavy atom. The van der Waals surface area contributed by atoms with E-state index in [4.69, 9.17) is 10.6 Å². The zero-order valence-corrected chi connectivity index (χ0v) is 7.05. The van der Waals surface area contributed by atoms with Crippen LogP contribution < -0.4 is 0 Å². The third-order valence-electron chi connectivity index (χ3n) is 1.14. The van der Waals surface area contributed by atoms with Gasteiger partial charge in [-0.05, 0) is 0 Å². The first kappa shape index (κ1) is 8.56. The normalized spacial score (nSPS) is 10.7. The Morgan fingerprint density at radius 2 is 2.00 bits per heavy atom. The van der Waals surface area contributed by atoms with Gasteiger partial charge in [0, 0.05) is 0 Å². The van der Waals surface area contributed by atoms with Crippen molar-refractivity contribution in [3.05, 3.63) is 5.53 Å². The van der Waals surface area contributed by atoms with Gasteiger partial charge in [-0.25, -0.2) is 0 Å². The third-order valence-corrected chi connectivity index (χ3v) is 3.13. The summed E-state index contributed by atoms with van der Waals surface area (Å²) >= 11 is 0. The second-order valence-electron chi connectivity index (χ2n) is 2.95. The van der Waals surface area contributed by atoms with Crippen molar-refractivity contribution in [1.29, 1.82) is 0 Å². The minimum absolute atomic E-state index is 0.119. The standard InChI is InChI=1S/C5H12N2OSi/c1-9(2,3)5(4-8)7-6/h8H,4H2,1-3H3. The highest BCUT2D eigenvalue weighted by molar-refractivity contribution is 7.03. The van der Waals surface area contributed by atoms with Crippen LogP contribution in [-0.4, -0.2) is 29.9 Å². The minimum atomic E-state index is -1.54. The van der Waals surface area contributed by atoms with E-state index in [0.717, 1.165) is 0 Å². The molecule has 0 unspecified atom stereocenters. The van der Waals surface area contributed by atoms with E-state index in [2.05, 4.69) is 4.79 Å². The summed E-state index contributed by atoms with van der Waals surface area (Å²) in [6.45, 7) is 5.92. The quantitative estimate of drug-likeness (QED) is 0.261. The van der Waals surface area contributed by atoms with Crippen LogP contribution in [0.25, 0.3) is 5.53 Å². The summed E-state index contributed by atoms with van der Waals surface area (Å²) in [6, 6.07) is 0. The first-order valence-corrected chi connectivity index (χ1v) is 6.34. The molecule has 0 heterocycles. The fourth-order valence-corrected chi connectivity index (χ4v) is 1.19. The van der Waals surface area contributed by atoms with Gasteiger partial charge in [0.2, 0.25) is 0 Å². The summed E-state index contributed by atoms with van der Waals surface area (Å²) in [4.78, 5) is 3.01. The highest BCUT2D eigenvalue weighted by atomic mass is 28.3. The van der Waals surface area contributed by atoms with Crippen molar-refractivity contribution < 1.29 is 9.90 Å². The van der Waals surface area contributed by atoms with Crippen molar-refractivity contribution >= 4 is 13.4 Å². The molecule has 0 aliphatic carbocycles. The van der Waals surface area contributed by atoms with E-state index in [1.165, 1.54) is 0 Å². The molecule has 1 N–H and O–H groups in total. The Hall–Kier alpha value is -0.443. The summed E-state index contributed by atoms with van der Waals surface area (Å²) < 4.78 is 0. The van der Waals surface area contributed by atoms with Gasteiger partial charge in [-0.1, -0.05) is 19.6 Å². The second-order valence-corrected chi connectivity index (χ2v) is 8.03. The Labute approximate surface area is 56.0 Å². The number of rotatable bonds is 2. The van der Waals surface area contributed by atoms with Gasteiger partial charge in [0.05, 0.1) is 0 Å². The molecular formula is C5H12N2OSi. The molecule has 0 rings (SSSR count). The summed E-state index contributed by atoms with van der Waals surface area (Å²) in [5, 5.41) is 9.15. The Kier molecular flexibility index (Phi) is 2.77. The van der Waals surface area contributed by atoms with Gasteiger partial charge in [0.15, 0.2) is 8.07 Å². The molecule has 52 valence electrons. The largest absolute Gasteiger partial charge is 0.385 e. The molecule has 0 amide bonds. The van der Waals surface area contributed by atoms with Crippen molar-refractivity contribution in [3.8, 4) is 0 Å². The van der Waals surface area contributed by atoms with Gasteiger partial charge in [-0.3, -0.25) is 0 Å². The SMILES string of the molecule is C[Si](C)(C)C(CO)=[N+]=[N-]. The van der Waals surface area contributed by atoms with Crippen LogP contribution in [0.15, 0.2) is 0 Å². The van der Waals surface area contributed by atoms with Gasteiger partial charge in [-0.2, -0.15) is 4.79 Å². The van der Waals surface area contributed by atoms with Gasteiger partial charge in [0.25, 0.3) is 5.33 Å². The molecule has 0 aromatic rings. The number of hydrogen-bond acceptors (Lipinski definition) is 1. The molecule has 0 aromatic carbocycles. The lowest BCUT2D eigenvalue weighted by atomic mass is 10.8. The lowest BCUT2D eigenvalue weighted by Crippen LogP contribution is -2.36. The lowest BCUT2D eigenvalue weighted by Gasteiger charge is -2.05. The average molecular weight is 144 g/mol. The van der Waals surface area contributed by atoms with Crippen LogP contribution in [-0.2, 0) is 0 Å². The van der Waals surface area contributed by atoms with Gasteiger partial charge < -0.3 is 10.6 Å². The molecule has 0 aliphatic rings. The highest BCUT2D eigenvalue weighted by Crippen LogP contribution is 2.00. The molecule has 0 saturated carbocycles. The van der Waals surface area contributed by atoms with Crippen LogP contribution in [0.5, 0.6) is 0 Å². The predicted molar refractivity (Wildman–Crippen MR) is 39.1 cm³/mol. The zero-order chi connectivity index (χ0) is 7.49. The van der Waals surface area contributed by atoms with E-state index in [9.17, 15) is 0 Å². The Bertz CT molecular complexity index is 144. The molecule has 0 fully saturated rings.